The second-order valence-corrected chi connectivity index (χ2v) is 10.9. The lowest BCUT2D eigenvalue weighted by molar-refractivity contribution is -0.133. The van der Waals surface area contributed by atoms with Gasteiger partial charge in [-0.3, -0.25) is 9.59 Å². The van der Waals surface area contributed by atoms with E-state index in [0.717, 1.165) is 74.0 Å². The summed E-state index contributed by atoms with van der Waals surface area (Å²) in [4.78, 5) is 40.9. The van der Waals surface area contributed by atoms with E-state index in [0.29, 0.717) is 25.8 Å². The van der Waals surface area contributed by atoms with Crippen LogP contribution in [0.1, 0.15) is 82.8 Å². The summed E-state index contributed by atoms with van der Waals surface area (Å²) in [6, 6.07) is 14.9. The number of fused-ring (bicyclic) bond motifs is 1. The van der Waals surface area contributed by atoms with Crippen LogP contribution in [0.3, 0.4) is 0 Å². The molecule has 1 aliphatic heterocycles. The van der Waals surface area contributed by atoms with Crippen molar-refractivity contribution in [3.8, 4) is 5.75 Å². The van der Waals surface area contributed by atoms with Gasteiger partial charge in [-0.1, -0.05) is 62.9 Å². The van der Waals surface area contributed by atoms with Gasteiger partial charge in [0, 0.05) is 51.2 Å². The minimum absolute atomic E-state index is 0.00138. The lowest BCUT2D eigenvalue weighted by Crippen LogP contribution is -2.56. The number of amides is 3. The Bertz CT molecular complexity index is 1180. The fourth-order valence-electron chi connectivity index (χ4n) is 5.39. The summed E-state index contributed by atoms with van der Waals surface area (Å²) in [5.41, 5.74) is 3.37. The standard InChI is InChI=1S/C33H45N3O4/c1-4-5-22-35(3)32(39)16-12-7-6-8-13-21-34-31(38)25-36(33(40)20-17-27-14-10-9-11-15-27)26(2)23-28-24-29(37)18-19-30(28)36/h9-11,14-15,18-19,23-24H,4-8,12-13,16-17,20-22,25H2,1-3H3,(H-,34,37,38)/p+1. The van der Waals surface area contributed by atoms with Gasteiger partial charge in [0.25, 0.3) is 5.91 Å². The molecule has 7 heteroatoms. The van der Waals surface area contributed by atoms with Gasteiger partial charge in [0.15, 0.2) is 12.2 Å². The number of allylic oxidation sites excluding steroid dienone is 1. The number of phenols is 1. The molecule has 1 atom stereocenters. The number of benzene rings is 2. The minimum Gasteiger partial charge on any atom is -0.508 e. The number of carbonyl (C=O) groups excluding carboxylic acids is 3. The highest BCUT2D eigenvalue weighted by Gasteiger charge is 2.47. The van der Waals surface area contributed by atoms with Crippen LogP contribution in [0.25, 0.3) is 6.08 Å². The molecule has 216 valence electrons. The van der Waals surface area contributed by atoms with E-state index in [9.17, 15) is 19.5 Å². The Labute approximate surface area is 239 Å². The van der Waals surface area contributed by atoms with E-state index >= 15 is 0 Å². The van der Waals surface area contributed by atoms with E-state index in [1.54, 1.807) is 18.2 Å². The smallest absolute Gasteiger partial charge is 0.324 e. The van der Waals surface area contributed by atoms with E-state index in [1.807, 2.05) is 55.3 Å². The van der Waals surface area contributed by atoms with Crippen LogP contribution in [-0.2, 0) is 20.8 Å². The first-order chi connectivity index (χ1) is 19.3. The predicted molar refractivity (Wildman–Crippen MR) is 161 cm³/mol. The van der Waals surface area contributed by atoms with Gasteiger partial charge in [-0.2, -0.15) is 4.48 Å². The third-order valence-corrected chi connectivity index (χ3v) is 7.83. The first-order valence-electron chi connectivity index (χ1n) is 14.8. The highest BCUT2D eigenvalue weighted by molar-refractivity contribution is 6.01. The summed E-state index contributed by atoms with van der Waals surface area (Å²) in [6.45, 7) is 5.40. The molecule has 0 aromatic heterocycles. The number of aryl methyl sites for hydroxylation is 1. The van der Waals surface area contributed by atoms with Gasteiger partial charge < -0.3 is 15.3 Å². The summed E-state index contributed by atoms with van der Waals surface area (Å²) >= 11 is 0. The third kappa shape index (κ3) is 8.28. The fourth-order valence-corrected chi connectivity index (χ4v) is 5.39. The van der Waals surface area contributed by atoms with Crippen molar-refractivity contribution in [2.75, 3.05) is 26.7 Å². The molecule has 2 N–H and O–H groups in total. The lowest BCUT2D eigenvalue weighted by Gasteiger charge is -2.32. The maximum atomic E-state index is 13.8. The molecule has 0 saturated carbocycles. The molecule has 0 bridgehead atoms. The summed E-state index contributed by atoms with van der Waals surface area (Å²) in [6.07, 6.45) is 10.3. The van der Waals surface area contributed by atoms with Gasteiger partial charge in [-0.25, -0.2) is 4.79 Å². The highest BCUT2D eigenvalue weighted by atomic mass is 16.3. The van der Waals surface area contributed by atoms with E-state index in [2.05, 4.69) is 12.2 Å². The van der Waals surface area contributed by atoms with Crippen LogP contribution in [0.2, 0.25) is 0 Å². The minimum atomic E-state index is -0.164. The molecule has 1 unspecified atom stereocenters. The Morgan fingerprint density at radius 2 is 1.65 bits per heavy atom. The number of aromatic hydroxyl groups is 1. The summed E-state index contributed by atoms with van der Waals surface area (Å²) in [7, 11) is 1.88. The quantitative estimate of drug-likeness (QED) is 0.201. The highest BCUT2D eigenvalue weighted by Crippen LogP contribution is 2.42. The van der Waals surface area contributed by atoms with Gasteiger partial charge >= 0.3 is 5.91 Å². The van der Waals surface area contributed by atoms with Gasteiger partial charge in [0.2, 0.25) is 5.91 Å². The maximum Gasteiger partial charge on any atom is 0.324 e. The molecule has 1 aliphatic rings. The Morgan fingerprint density at radius 3 is 2.40 bits per heavy atom. The van der Waals surface area contributed by atoms with Crippen LogP contribution >= 0.6 is 0 Å². The molecule has 7 nitrogen and oxygen atoms in total. The monoisotopic (exact) mass is 548 g/mol. The summed E-state index contributed by atoms with van der Waals surface area (Å²) in [5, 5.41) is 13.0. The van der Waals surface area contributed by atoms with E-state index in [-0.39, 0.29) is 34.5 Å². The average Bonchev–Trinajstić information content (AvgIpc) is 3.22. The zero-order valence-electron chi connectivity index (χ0n) is 24.5. The number of unbranched alkanes of at least 4 members (excludes halogenated alkanes) is 5. The zero-order valence-corrected chi connectivity index (χ0v) is 24.5. The Kier molecular flexibility index (Phi) is 11.9. The molecule has 2 aromatic carbocycles. The molecule has 40 heavy (non-hydrogen) atoms. The molecule has 3 amide bonds. The molecular weight excluding hydrogens is 502 g/mol. The van der Waals surface area contributed by atoms with Crippen molar-refractivity contribution in [1.82, 2.24) is 14.7 Å². The first kappa shape index (κ1) is 31.1. The largest absolute Gasteiger partial charge is 0.508 e. The molecule has 0 fully saturated rings. The maximum absolute atomic E-state index is 13.8. The summed E-state index contributed by atoms with van der Waals surface area (Å²) < 4.78 is -0.144. The Balaban J connectivity index is 1.50. The molecule has 0 spiro atoms. The topological polar surface area (TPSA) is 86.7 Å². The van der Waals surface area contributed by atoms with Crippen LogP contribution in [0.15, 0.2) is 54.2 Å². The van der Waals surface area contributed by atoms with Crippen molar-refractivity contribution in [2.24, 2.45) is 0 Å². The molecule has 0 aliphatic carbocycles. The van der Waals surface area contributed by atoms with Crippen LogP contribution in [0.5, 0.6) is 5.75 Å². The number of hydrogen-bond donors (Lipinski definition) is 2. The second-order valence-electron chi connectivity index (χ2n) is 10.9. The number of hydrogen-bond acceptors (Lipinski definition) is 4. The second kappa shape index (κ2) is 15.4. The van der Waals surface area contributed by atoms with Crippen molar-refractivity contribution >= 4 is 29.5 Å². The van der Waals surface area contributed by atoms with Crippen molar-refractivity contribution in [3.05, 3.63) is 65.4 Å². The van der Waals surface area contributed by atoms with Crippen LogP contribution in [0.4, 0.5) is 5.69 Å². The molecule has 0 saturated heterocycles. The van der Waals surface area contributed by atoms with E-state index in [1.165, 1.54) is 0 Å². The number of quaternary nitrogens is 1. The zero-order chi connectivity index (χ0) is 29.0. The van der Waals surface area contributed by atoms with Gasteiger partial charge in [0.1, 0.15) is 11.4 Å². The van der Waals surface area contributed by atoms with Crippen molar-refractivity contribution in [2.45, 2.75) is 78.1 Å². The number of rotatable bonds is 16. The number of nitrogens with one attached hydrogen (secondary N) is 1. The normalized spacial score (nSPS) is 15.8. The lowest BCUT2D eigenvalue weighted by atomic mass is 10.1. The molecule has 1 heterocycles. The Hall–Kier alpha value is -3.45. The molecular formula is C33H46N3O4+. The van der Waals surface area contributed by atoms with Gasteiger partial charge in [-0.15, -0.1) is 0 Å². The SMILES string of the molecule is CCCCN(C)C(=O)CCCCCCCNC(=O)C[N+]1(C(=O)CCc2ccccc2)C(C)=Cc2cc(O)ccc21. The van der Waals surface area contributed by atoms with E-state index < -0.39 is 0 Å². The van der Waals surface area contributed by atoms with E-state index in [4.69, 9.17) is 0 Å². The van der Waals surface area contributed by atoms with Crippen molar-refractivity contribution in [1.29, 1.82) is 0 Å². The first-order valence-corrected chi connectivity index (χ1v) is 14.8. The fraction of sp³-hybridized carbons (Fsp3) is 0.485. The van der Waals surface area contributed by atoms with Crippen molar-refractivity contribution < 1.29 is 19.5 Å². The van der Waals surface area contributed by atoms with Crippen LogP contribution in [0, 0.1) is 0 Å². The molecule has 2 aromatic rings. The van der Waals surface area contributed by atoms with Gasteiger partial charge in [0.05, 0.1) is 6.42 Å². The van der Waals surface area contributed by atoms with Crippen LogP contribution in [-0.4, -0.2) is 54.4 Å². The molecule has 0 radical (unpaired) electrons. The number of phenolic OH excluding ortho intramolecular Hbond substituents is 1. The number of carbonyl (C=O) groups is 3. The predicted octanol–water partition coefficient (Wildman–Crippen LogP) is 5.95. The molecule has 3 rings (SSSR count). The van der Waals surface area contributed by atoms with Gasteiger partial charge in [-0.05, 0) is 43.4 Å². The van der Waals surface area contributed by atoms with Crippen LogP contribution < -0.4 is 9.80 Å². The number of nitrogens with zero attached hydrogens (tertiary/aromatic N) is 2. The van der Waals surface area contributed by atoms with Crippen molar-refractivity contribution in [3.63, 3.8) is 0 Å². The Morgan fingerprint density at radius 1 is 0.925 bits per heavy atom. The average molecular weight is 549 g/mol. The summed E-state index contributed by atoms with van der Waals surface area (Å²) in [5.74, 6) is 0.158. The third-order valence-electron chi connectivity index (χ3n) is 7.83.